The highest BCUT2D eigenvalue weighted by molar-refractivity contribution is 7.85. The summed E-state index contributed by atoms with van der Waals surface area (Å²) in [4.78, 5) is 21.7. The van der Waals surface area contributed by atoms with Crippen LogP contribution in [0.1, 0.15) is 68.8 Å². The average molecular weight is 503 g/mol. The van der Waals surface area contributed by atoms with Crippen LogP contribution in [0.5, 0.6) is 0 Å². The third-order valence-electron chi connectivity index (χ3n) is 8.28. The zero-order valence-electron chi connectivity index (χ0n) is 19.3. The summed E-state index contributed by atoms with van der Waals surface area (Å²) in [6.45, 7) is 1.97. The maximum absolute atomic E-state index is 12.9. The quantitative estimate of drug-likeness (QED) is 0.640. The number of hydrogen-bond donors (Lipinski definition) is 2. The molecule has 1 atom stereocenters. The molecular formula is C24H31ClN6O2S. The Morgan fingerprint density at radius 1 is 1.12 bits per heavy atom. The van der Waals surface area contributed by atoms with E-state index in [1.165, 1.54) is 0 Å². The molecule has 3 fully saturated rings. The molecule has 4 heterocycles. The lowest BCUT2D eigenvalue weighted by Gasteiger charge is -2.53. The number of rotatable bonds is 5. The first-order valence-electron chi connectivity index (χ1n) is 12.4. The second-order valence-corrected chi connectivity index (χ2v) is 12.6. The van der Waals surface area contributed by atoms with Gasteiger partial charge in [0.2, 0.25) is 5.95 Å². The second-order valence-electron chi connectivity index (χ2n) is 10.6. The Morgan fingerprint density at radius 3 is 2.50 bits per heavy atom. The van der Waals surface area contributed by atoms with Gasteiger partial charge in [0.05, 0.1) is 33.7 Å². The van der Waals surface area contributed by atoms with Gasteiger partial charge in [-0.3, -0.25) is 4.21 Å². The molecule has 6 rings (SSSR count). The Balaban J connectivity index is 1.18. The van der Waals surface area contributed by atoms with E-state index in [0.717, 1.165) is 93.2 Å². The molecule has 182 valence electrons. The highest BCUT2D eigenvalue weighted by Crippen LogP contribution is 2.49. The monoisotopic (exact) mass is 502 g/mol. The van der Waals surface area contributed by atoms with E-state index in [1.807, 2.05) is 0 Å². The van der Waals surface area contributed by atoms with E-state index < -0.39 is 10.8 Å². The van der Waals surface area contributed by atoms with Gasteiger partial charge >= 0.3 is 0 Å². The summed E-state index contributed by atoms with van der Waals surface area (Å²) in [6, 6.07) is 0. The smallest absolute Gasteiger partial charge is 0.227 e. The number of aryl methyl sites for hydroxylation is 1. The minimum Gasteiger partial charge on any atom is -0.394 e. The van der Waals surface area contributed by atoms with Crippen molar-refractivity contribution in [1.82, 2.24) is 19.9 Å². The van der Waals surface area contributed by atoms with Crippen molar-refractivity contribution in [2.45, 2.75) is 74.1 Å². The van der Waals surface area contributed by atoms with Gasteiger partial charge in [0, 0.05) is 42.6 Å². The molecule has 0 bridgehead atoms. The first kappa shape index (κ1) is 22.6. The predicted octanol–water partition coefficient (Wildman–Crippen LogP) is 3.46. The van der Waals surface area contributed by atoms with Crippen LogP contribution in [0.15, 0.2) is 17.3 Å². The van der Waals surface area contributed by atoms with E-state index in [4.69, 9.17) is 21.6 Å². The fraction of sp³-hybridized carbons (Fsp3) is 0.667. The number of aliphatic hydroxyl groups is 1. The number of nitrogens with one attached hydrogen (secondary N) is 1. The fourth-order valence-corrected chi connectivity index (χ4v) is 7.44. The molecule has 2 aromatic rings. The third kappa shape index (κ3) is 3.99. The van der Waals surface area contributed by atoms with Crippen LogP contribution in [0, 0.1) is 5.41 Å². The Hall–Kier alpha value is -1.84. The summed E-state index contributed by atoms with van der Waals surface area (Å²) in [7, 11) is -1.09. The van der Waals surface area contributed by atoms with Crippen molar-refractivity contribution in [3.05, 3.63) is 28.9 Å². The highest BCUT2D eigenvalue weighted by Gasteiger charge is 2.47. The minimum atomic E-state index is -1.09. The van der Waals surface area contributed by atoms with Crippen molar-refractivity contribution in [2.24, 2.45) is 5.41 Å². The molecule has 2 saturated carbocycles. The standard InChI is InChI=1S/C24H31ClN6O2S/c25-17-11-26-20(27-12-17)16-4-8-23(9-5-16)13-31(14-23)22-28-18-3-1-10-34(33)19(18)21(29-22)30-24(15-32)6-2-7-24/h11-12,16,32H,1-10,13-15H2,(H,28,29,30)/t34-/m1/s1. The van der Waals surface area contributed by atoms with Gasteiger partial charge in [0.15, 0.2) is 0 Å². The first-order chi connectivity index (χ1) is 16.5. The summed E-state index contributed by atoms with van der Waals surface area (Å²) in [5, 5.41) is 14.1. The lowest BCUT2D eigenvalue weighted by molar-refractivity contribution is 0.124. The van der Waals surface area contributed by atoms with Gasteiger partial charge in [-0.25, -0.2) is 15.0 Å². The van der Waals surface area contributed by atoms with Crippen molar-refractivity contribution < 1.29 is 9.32 Å². The summed E-state index contributed by atoms with van der Waals surface area (Å²) < 4.78 is 12.9. The first-order valence-corrected chi connectivity index (χ1v) is 14.1. The van der Waals surface area contributed by atoms with Gasteiger partial charge < -0.3 is 15.3 Å². The Kier molecular flexibility index (Phi) is 5.77. The molecule has 0 radical (unpaired) electrons. The van der Waals surface area contributed by atoms with Crippen molar-refractivity contribution in [2.75, 3.05) is 35.7 Å². The largest absolute Gasteiger partial charge is 0.394 e. The van der Waals surface area contributed by atoms with Gasteiger partial charge in [0.25, 0.3) is 0 Å². The van der Waals surface area contributed by atoms with Crippen LogP contribution in [0.2, 0.25) is 5.02 Å². The van der Waals surface area contributed by atoms with Crippen LogP contribution in [0.4, 0.5) is 11.8 Å². The molecule has 2 aliphatic carbocycles. The molecule has 1 saturated heterocycles. The lowest BCUT2D eigenvalue weighted by Crippen LogP contribution is -2.58. The van der Waals surface area contributed by atoms with E-state index in [2.05, 4.69) is 20.2 Å². The molecule has 10 heteroatoms. The van der Waals surface area contributed by atoms with E-state index in [-0.39, 0.29) is 12.1 Å². The van der Waals surface area contributed by atoms with Crippen molar-refractivity contribution >= 4 is 34.2 Å². The number of nitrogens with zero attached hydrogens (tertiary/aromatic N) is 5. The van der Waals surface area contributed by atoms with Gasteiger partial charge in [-0.15, -0.1) is 0 Å². The molecule has 1 spiro atoms. The number of aromatic nitrogens is 4. The van der Waals surface area contributed by atoms with Crippen LogP contribution >= 0.6 is 11.6 Å². The van der Waals surface area contributed by atoms with Gasteiger partial charge in [0.1, 0.15) is 16.5 Å². The molecule has 2 N–H and O–H groups in total. The van der Waals surface area contributed by atoms with E-state index in [1.54, 1.807) is 12.4 Å². The van der Waals surface area contributed by atoms with Gasteiger partial charge in [-0.05, 0) is 57.8 Å². The van der Waals surface area contributed by atoms with Crippen molar-refractivity contribution in [3.8, 4) is 0 Å². The van der Waals surface area contributed by atoms with E-state index >= 15 is 0 Å². The molecule has 2 aromatic heterocycles. The number of aliphatic hydroxyl groups excluding tert-OH is 1. The molecule has 0 unspecified atom stereocenters. The Morgan fingerprint density at radius 2 is 1.85 bits per heavy atom. The molecule has 4 aliphatic rings. The zero-order valence-corrected chi connectivity index (χ0v) is 20.9. The Bertz CT molecular complexity index is 1090. The SMILES string of the molecule is O=[S@@]1CCCc2nc(N3CC4(CCC(c5ncc(Cl)cn5)CC4)C3)nc(NC3(CO)CCC3)c21. The molecule has 2 aliphatic heterocycles. The maximum atomic E-state index is 12.9. The normalized spacial score (nSPS) is 25.4. The predicted molar refractivity (Wildman–Crippen MR) is 132 cm³/mol. The van der Waals surface area contributed by atoms with Crippen LogP contribution in [0.3, 0.4) is 0 Å². The highest BCUT2D eigenvalue weighted by atomic mass is 35.5. The summed E-state index contributed by atoms with van der Waals surface area (Å²) in [6.07, 6.45) is 12.5. The summed E-state index contributed by atoms with van der Waals surface area (Å²) in [5.74, 6) is 3.38. The number of fused-ring (bicyclic) bond motifs is 1. The molecule has 0 aromatic carbocycles. The van der Waals surface area contributed by atoms with Gasteiger partial charge in [-0.1, -0.05) is 11.6 Å². The maximum Gasteiger partial charge on any atom is 0.227 e. The van der Waals surface area contributed by atoms with E-state index in [0.29, 0.717) is 27.9 Å². The average Bonchev–Trinajstić information content (AvgIpc) is 2.80. The number of anilines is 2. The van der Waals surface area contributed by atoms with Crippen molar-refractivity contribution in [1.29, 1.82) is 0 Å². The minimum absolute atomic E-state index is 0.0685. The Labute approximate surface area is 207 Å². The van der Waals surface area contributed by atoms with Crippen molar-refractivity contribution in [3.63, 3.8) is 0 Å². The van der Waals surface area contributed by atoms with Crippen LogP contribution in [0.25, 0.3) is 0 Å². The number of hydrogen-bond acceptors (Lipinski definition) is 8. The van der Waals surface area contributed by atoms with Gasteiger partial charge in [-0.2, -0.15) is 4.98 Å². The number of halogens is 1. The molecule has 0 amide bonds. The van der Waals surface area contributed by atoms with Crippen LogP contribution in [-0.4, -0.2) is 60.2 Å². The zero-order chi connectivity index (χ0) is 23.3. The van der Waals surface area contributed by atoms with Crippen LogP contribution < -0.4 is 10.2 Å². The van der Waals surface area contributed by atoms with E-state index in [9.17, 15) is 9.32 Å². The summed E-state index contributed by atoms with van der Waals surface area (Å²) in [5.41, 5.74) is 0.882. The molecule has 8 nitrogen and oxygen atoms in total. The molecule has 34 heavy (non-hydrogen) atoms. The second kappa shape index (κ2) is 8.68. The summed E-state index contributed by atoms with van der Waals surface area (Å²) >= 11 is 5.94. The third-order valence-corrected chi connectivity index (χ3v) is 10.0. The van der Waals surface area contributed by atoms with Crippen LogP contribution in [-0.2, 0) is 17.2 Å². The molecular weight excluding hydrogens is 472 g/mol. The fourth-order valence-electron chi connectivity index (χ4n) is 6.01. The lowest BCUT2D eigenvalue weighted by atomic mass is 9.66. The topological polar surface area (TPSA) is 104 Å².